The summed E-state index contributed by atoms with van der Waals surface area (Å²) in [5, 5.41) is 6.61. The van der Waals surface area contributed by atoms with Gasteiger partial charge in [-0.3, -0.25) is 0 Å². The highest BCUT2D eigenvalue weighted by molar-refractivity contribution is 7.80. The first-order valence-corrected chi connectivity index (χ1v) is 7.07. The van der Waals surface area contributed by atoms with Crippen LogP contribution in [0.25, 0.3) is 0 Å². The third-order valence-electron chi connectivity index (χ3n) is 2.82. The maximum Gasteiger partial charge on any atom is 0.175 e. The monoisotopic (exact) mass is 340 g/mol. The van der Waals surface area contributed by atoms with Crippen molar-refractivity contribution in [1.29, 1.82) is 0 Å². The Hall–Kier alpha value is -2.05. The van der Waals surface area contributed by atoms with E-state index in [4.69, 9.17) is 33.3 Å². The van der Waals surface area contributed by atoms with E-state index in [-0.39, 0.29) is 5.75 Å². The first-order chi connectivity index (χ1) is 10.5. The summed E-state index contributed by atoms with van der Waals surface area (Å²) in [4.78, 5) is 0. The van der Waals surface area contributed by atoms with Crippen molar-refractivity contribution in [2.45, 2.75) is 0 Å². The van der Waals surface area contributed by atoms with Crippen LogP contribution in [0.2, 0.25) is 5.02 Å². The van der Waals surface area contributed by atoms with E-state index in [0.717, 1.165) is 0 Å². The second-order valence-electron chi connectivity index (χ2n) is 4.28. The molecule has 0 radical (unpaired) electrons. The molecule has 22 heavy (non-hydrogen) atoms. The van der Waals surface area contributed by atoms with Gasteiger partial charge < -0.3 is 20.1 Å². The summed E-state index contributed by atoms with van der Waals surface area (Å²) in [5.41, 5.74) is 1.20. The third kappa shape index (κ3) is 3.99. The van der Waals surface area contributed by atoms with Crippen molar-refractivity contribution in [2.24, 2.45) is 0 Å². The van der Waals surface area contributed by atoms with Crippen molar-refractivity contribution in [3.05, 3.63) is 47.2 Å². The van der Waals surface area contributed by atoms with E-state index in [1.807, 2.05) is 0 Å². The zero-order chi connectivity index (χ0) is 16.1. The van der Waals surface area contributed by atoms with Gasteiger partial charge in [-0.15, -0.1) is 0 Å². The maximum atomic E-state index is 13.6. The van der Waals surface area contributed by atoms with E-state index in [2.05, 4.69) is 10.6 Å². The van der Waals surface area contributed by atoms with Gasteiger partial charge in [0, 0.05) is 17.4 Å². The second kappa shape index (κ2) is 7.29. The zero-order valence-electron chi connectivity index (χ0n) is 11.9. The van der Waals surface area contributed by atoms with Crippen LogP contribution in [0.15, 0.2) is 36.4 Å². The predicted molar refractivity (Wildman–Crippen MR) is 90.8 cm³/mol. The molecule has 0 saturated carbocycles. The van der Waals surface area contributed by atoms with Crippen LogP contribution in [-0.2, 0) is 0 Å². The molecule has 4 nitrogen and oxygen atoms in total. The highest BCUT2D eigenvalue weighted by Gasteiger charge is 2.06. The van der Waals surface area contributed by atoms with E-state index >= 15 is 0 Å². The van der Waals surface area contributed by atoms with Crippen molar-refractivity contribution >= 4 is 40.3 Å². The SMILES string of the molecule is COc1ccc(NC(=S)Nc2ccc(OC)c(Cl)c2)cc1F. The molecule has 2 rings (SSSR count). The number of benzene rings is 2. The Kier molecular flexibility index (Phi) is 5.41. The zero-order valence-corrected chi connectivity index (χ0v) is 13.5. The number of nitrogens with one attached hydrogen (secondary N) is 2. The van der Waals surface area contributed by atoms with Crippen molar-refractivity contribution < 1.29 is 13.9 Å². The van der Waals surface area contributed by atoms with Gasteiger partial charge in [-0.05, 0) is 42.5 Å². The largest absolute Gasteiger partial charge is 0.495 e. The Labute approximate surface area is 138 Å². The van der Waals surface area contributed by atoms with Gasteiger partial charge in [0.1, 0.15) is 5.75 Å². The minimum atomic E-state index is -0.470. The number of halogens is 2. The van der Waals surface area contributed by atoms with Crippen LogP contribution in [0.1, 0.15) is 0 Å². The molecule has 116 valence electrons. The first-order valence-electron chi connectivity index (χ1n) is 6.28. The van der Waals surface area contributed by atoms with Crippen molar-refractivity contribution in [2.75, 3.05) is 24.9 Å². The van der Waals surface area contributed by atoms with Crippen LogP contribution < -0.4 is 20.1 Å². The van der Waals surface area contributed by atoms with E-state index in [1.54, 1.807) is 31.4 Å². The Balaban J connectivity index is 2.04. The Morgan fingerprint density at radius 2 is 1.55 bits per heavy atom. The number of ether oxygens (including phenoxy) is 2. The molecule has 2 aromatic rings. The molecule has 0 spiro atoms. The number of thiocarbonyl (C=S) groups is 1. The van der Waals surface area contributed by atoms with Gasteiger partial charge in [0.05, 0.1) is 19.2 Å². The molecule has 0 fully saturated rings. The van der Waals surface area contributed by atoms with E-state index in [1.165, 1.54) is 19.2 Å². The lowest BCUT2D eigenvalue weighted by atomic mass is 10.3. The molecule has 0 saturated heterocycles. The summed E-state index contributed by atoms with van der Waals surface area (Å²) in [6, 6.07) is 9.66. The van der Waals surface area contributed by atoms with Crippen LogP contribution in [0, 0.1) is 5.82 Å². The van der Waals surface area contributed by atoms with Crippen molar-refractivity contribution in [1.82, 2.24) is 0 Å². The standard InChI is InChI=1S/C15H14ClFN2O2S/c1-20-13-5-3-9(7-11(13)16)18-15(22)19-10-4-6-14(21-2)12(17)8-10/h3-8H,1-2H3,(H2,18,19,22). The fourth-order valence-corrected chi connectivity index (χ4v) is 2.28. The molecule has 0 heterocycles. The fraction of sp³-hybridized carbons (Fsp3) is 0.133. The summed E-state index contributed by atoms with van der Waals surface area (Å²) >= 11 is 11.2. The summed E-state index contributed by atoms with van der Waals surface area (Å²) in [5.74, 6) is 0.275. The highest BCUT2D eigenvalue weighted by Crippen LogP contribution is 2.27. The first kappa shape index (κ1) is 16.3. The van der Waals surface area contributed by atoms with Crippen LogP contribution in [0.4, 0.5) is 15.8 Å². The van der Waals surface area contributed by atoms with Crippen molar-refractivity contribution in [3.8, 4) is 11.5 Å². The van der Waals surface area contributed by atoms with E-state index in [0.29, 0.717) is 27.3 Å². The molecule has 0 aliphatic heterocycles. The number of methoxy groups -OCH3 is 2. The molecule has 0 amide bonds. The Morgan fingerprint density at radius 3 is 2.05 bits per heavy atom. The summed E-state index contributed by atoms with van der Waals surface area (Å²) in [6.45, 7) is 0. The molecule has 0 atom stereocenters. The van der Waals surface area contributed by atoms with Gasteiger partial charge in [-0.25, -0.2) is 4.39 Å². The number of anilines is 2. The fourth-order valence-electron chi connectivity index (χ4n) is 1.78. The molecular formula is C15H14ClFN2O2S. The van der Waals surface area contributed by atoms with Crippen LogP contribution in [0.5, 0.6) is 11.5 Å². The van der Waals surface area contributed by atoms with E-state index < -0.39 is 5.82 Å². The average Bonchev–Trinajstić information content (AvgIpc) is 2.47. The number of hydrogen-bond donors (Lipinski definition) is 2. The topological polar surface area (TPSA) is 42.5 Å². The predicted octanol–water partition coefficient (Wildman–Crippen LogP) is 4.31. The Bertz CT molecular complexity index is 640. The highest BCUT2D eigenvalue weighted by atomic mass is 35.5. The van der Waals surface area contributed by atoms with Crippen LogP contribution in [-0.4, -0.2) is 19.3 Å². The van der Waals surface area contributed by atoms with Gasteiger partial charge in [-0.1, -0.05) is 11.6 Å². The lowest BCUT2D eigenvalue weighted by Crippen LogP contribution is -2.19. The molecule has 0 aliphatic rings. The van der Waals surface area contributed by atoms with Gasteiger partial charge in [0.15, 0.2) is 16.7 Å². The lowest BCUT2D eigenvalue weighted by molar-refractivity contribution is 0.387. The van der Waals surface area contributed by atoms with Crippen molar-refractivity contribution in [3.63, 3.8) is 0 Å². The molecule has 2 aromatic carbocycles. The normalized spacial score (nSPS) is 10.0. The molecule has 0 aliphatic carbocycles. The molecule has 7 heteroatoms. The van der Waals surface area contributed by atoms with Gasteiger partial charge in [0.2, 0.25) is 0 Å². The minimum Gasteiger partial charge on any atom is -0.495 e. The molecule has 2 N–H and O–H groups in total. The number of rotatable bonds is 4. The Morgan fingerprint density at radius 1 is 1.00 bits per heavy atom. The third-order valence-corrected chi connectivity index (χ3v) is 3.32. The van der Waals surface area contributed by atoms with Gasteiger partial charge in [0.25, 0.3) is 0 Å². The van der Waals surface area contributed by atoms with Crippen LogP contribution in [0.3, 0.4) is 0 Å². The minimum absolute atomic E-state index is 0.173. The smallest absolute Gasteiger partial charge is 0.175 e. The molecular weight excluding hydrogens is 327 g/mol. The second-order valence-corrected chi connectivity index (χ2v) is 5.09. The quantitative estimate of drug-likeness (QED) is 0.812. The lowest BCUT2D eigenvalue weighted by Gasteiger charge is -2.12. The molecule has 0 unspecified atom stereocenters. The summed E-state index contributed by atoms with van der Waals surface area (Å²) < 4.78 is 23.5. The van der Waals surface area contributed by atoms with Gasteiger partial charge in [-0.2, -0.15) is 0 Å². The van der Waals surface area contributed by atoms with E-state index in [9.17, 15) is 4.39 Å². The van der Waals surface area contributed by atoms with Crippen LogP contribution >= 0.6 is 23.8 Å². The molecule has 0 bridgehead atoms. The average molecular weight is 341 g/mol. The summed E-state index contributed by atoms with van der Waals surface area (Å²) in [6.07, 6.45) is 0. The number of hydrogen-bond acceptors (Lipinski definition) is 3. The summed E-state index contributed by atoms with van der Waals surface area (Å²) in [7, 11) is 2.95. The van der Waals surface area contributed by atoms with Gasteiger partial charge >= 0.3 is 0 Å². The molecule has 0 aromatic heterocycles. The maximum absolute atomic E-state index is 13.6.